The number of rotatable bonds is 5. The van der Waals surface area contributed by atoms with E-state index in [0.717, 1.165) is 19.4 Å². The summed E-state index contributed by atoms with van der Waals surface area (Å²) in [7, 11) is 0. The minimum atomic E-state index is -0.194. The summed E-state index contributed by atoms with van der Waals surface area (Å²) in [4.78, 5) is 25.7. The normalized spacial score (nSPS) is 20.3. The number of carbonyl (C=O) groups is 2. The Morgan fingerprint density at radius 1 is 1.38 bits per heavy atom. The predicted molar refractivity (Wildman–Crippen MR) is 64.0 cm³/mol. The first-order valence-corrected chi connectivity index (χ1v) is 6.32. The van der Waals surface area contributed by atoms with Crippen molar-refractivity contribution in [1.82, 2.24) is 4.90 Å². The Labute approximate surface area is 98.2 Å². The van der Waals surface area contributed by atoms with Crippen LogP contribution in [0.1, 0.15) is 47.0 Å². The van der Waals surface area contributed by atoms with Crippen molar-refractivity contribution in [2.75, 3.05) is 6.54 Å². The van der Waals surface area contributed by atoms with E-state index in [1.54, 1.807) is 4.90 Å². The molecule has 0 spiro atoms. The van der Waals surface area contributed by atoms with E-state index in [1.807, 2.05) is 13.8 Å². The summed E-state index contributed by atoms with van der Waals surface area (Å²) in [6.45, 7) is 8.73. The fourth-order valence-corrected chi connectivity index (χ4v) is 2.27. The summed E-state index contributed by atoms with van der Waals surface area (Å²) < 4.78 is 0. The van der Waals surface area contributed by atoms with E-state index >= 15 is 0 Å². The van der Waals surface area contributed by atoms with Crippen LogP contribution in [0.4, 0.5) is 0 Å². The second kappa shape index (κ2) is 5.46. The van der Waals surface area contributed by atoms with Gasteiger partial charge in [0.15, 0.2) is 5.78 Å². The van der Waals surface area contributed by atoms with Crippen molar-refractivity contribution >= 4 is 11.7 Å². The molecule has 2 atom stereocenters. The van der Waals surface area contributed by atoms with Crippen LogP contribution in [0.3, 0.4) is 0 Å². The van der Waals surface area contributed by atoms with Gasteiger partial charge in [-0.25, -0.2) is 0 Å². The van der Waals surface area contributed by atoms with Gasteiger partial charge in [0.1, 0.15) is 0 Å². The summed E-state index contributed by atoms with van der Waals surface area (Å²) >= 11 is 0. The SMILES string of the molecule is CC[C@H](C)[C@@H](C(=O)C(C)C)N1CCCC1=O. The highest BCUT2D eigenvalue weighted by molar-refractivity contribution is 5.91. The van der Waals surface area contributed by atoms with Crippen LogP contribution in [0, 0.1) is 11.8 Å². The molecule has 0 N–H and O–H groups in total. The van der Waals surface area contributed by atoms with E-state index in [-0.39, 0.29) is 29.6 Å². The number of amides is 1. The molecule has 0 bridgehead atoms. The first-order valence-electron chi connectivity index (χ1n) is 6.32. The quantitative estimate of drug-likeness (QED) is 0.719. The van der Waals surface area contributed by atoms with Gasteiger partial charge in [0.2, 0.25) is 5.91 Å². The average Bonchev–Trinajstić information content (AvgIpc) is 2.64. The van der Waals surface area contributed by atoms with Gasteiger partial charge in [-0.2, -0.15) is 0 Å². The molecule has 1 saturated heterocycles. The van der Waals surface area contributed by atoms with Gasteiger partial charge >= 0.3 is 0 Å². The zero-order valence-electron chi connectivity index (χ0n) is 10.8. The van der Waals surface area contributed by atoms with Crippen molar-refractivity contribution < 1.29 is 9.59 Å². The standard InChI is InChI=1S/C13H23NO2/c1-5-10(4)12(13(16)9(2)3)14-8-6-7-11(14)15/h9-10,12H,5-8H2,1-4H3/t10-,12-/m0/s1. The molecule has 1 fully saturated rings. The molecule has 16 heavy (non-hydrogen) atoms. The Bertz CT molecular complexity index is 273. The second-order valence-corrected chi connectivity index (χ2v) is 5.08. The fourth-order valence-electron chi connectivity index (χ4n) is 2.27. The Hall–Kier alpha value is -0.860. The summed E-state index contributed by atoms with van der Waals surface area (Å²) in [5.74, 6) is 0.633. The Morgan fingerprint density at radius 3 is 2.38 bits per heavy atom. The number of nitrogens with zero attached hydrogens (tertiary/aromatic N) is 1. The first kappa shape index (κ1) is 13.2. The third-order valence-electron chi connectivity index (χ3n) is 3.49. The summed E-state index contributed by atoms with van der Waals surface area (Å²) in [6, 6.07) is -0.194. The number of hydrogen-bond acceptors (Lipinski definition) is 2. The minimum Gasteiger partial charge on any atom is -0.332 e. The second-order valence-electron chi connectivity index (χ2n) is 5.08. The molecule has 1 aliphatic heterocycles. The van der Waals surface area contributed by atoms with Crippen molar-refractivity contribution in [2.24, 2.45) is 11.8 Å². The third-order valence-corrected chi connectivity index (χ3v) is 3.49. The number of likely N-dealkylation sites (tertiary alicyclic amines) is 1. The molecule has 0 unspecified atom stereocenters. The summed E-state index contributed by atoms with van der Waals surface area (Å²) in [5.41, 5.74) is 0. The smallest absolute Gasteiger partial charge is 0.223 e. The van der Waals surface area contributed by atoms with Crippen molar-refractivity contribution in [3.63, 3.8) is 0 Å². The fraction of sp³-hybridized carbons (Fsp3) is 0.846. The van der Waals surface area contributed by atoms with Crippen molar-refractivity contribution in [1.29, 1.82) is 0 Å². The molecule has 0 saturated carbocycles. The van der Waals surface area contributed by atoms with Crippen molar-refractivity contribution in [2.45, 2.75) is 53.0 Å². The lowest BCUT2D eigenvalue weighted by atomic mass is 9.89. The molecule has 0 aromatic rings. The van der Waals surface area contributed by atoms with Crippen molar-refractivity contribution in [3.8, 4) is 0 Å². The minimum absolute atomic E-state index is 0.00685. The van der Waals surface area contributed by atoms with Gasteiger partial charge < -0.3 is 4.90 Å². The topological polar surface area (TPSA) is 37.4 Å². The van der Waals surface area contributed by atoms with Crippen LogP contribution in [0.15, 0.2) is 0 Å². The molecular formula is C13H23NO2. The number of carbonyl (C=O) groups excluding carboxylic acids is 2. The van der Waals surface area contributed by atoms with Gasteiger partial charge in [-0.1, -0.05) is 34.1 Å². The maximum Gasteiger partial charge on any atom is 0.223 e. The zero-order valence-corrected chi connectivity index (χ0v) is 10.8. The highest BCUT2D eigenvalue weighted by Crippen LogP contribution is 2.23. The number of Topliss-reactive ketones (excluding diaryl/α,β-unsaturated/α-hetero) is 1. The van der Waals surface area contributed by atoms with Gasteiger partial charge in [-0.15, -0.1) is 0 Å². The summed E-state index contributed by atoms with van der Waals surface area (Å²) in [5, 5.41) is 0. The van der Waals surface area contributed by atoms with Crippen molar-refractivity contribution in [3.05, 3.63) is 0 Å². The van der Waals surface area contributed by atoms with E-state index in [9.17, 15) is 9.59 Å². The largest absolute Gasteiger partial charge is 0.332 e. The predicted octanol–water partition coefficient (Wildman–Crippen LogP) is 2.25. The van der Waals surface area contributed by atoms with Crippen LogP contribution in [0.5, 0.6) is 0 Å². The monoisotopic (exact) mass is 225 g/mol. The van der Waals surface area contributed by atoms with Crippen LogP contribution in [0.25, 0.3) is 0 Å². The molecular weight excluding hydrogens is 202 g/mol. The summed E-state index contributed by atoms with van der Waals surface area (Å²) in [6.07, 6.45) is 2.45. The molecule has 1 aliphatic rings. The molecule has 0 radical (unpaired) electrons. The first-order chi connectivity index (χ1) is 7.49. The molecule has 0 aliphatic carbocycles. The molecule has 92 valence electrons. The zero-order chi connectivity index (χ0) is 12.3. The van der Waals surface area contributed by atoms with Crippen LogP contribution in [0.2, 0.25) is 0 Å². The van der Waals surface area contributed by atoms with Gasteiger partial charge in [0, 0.05) is 18.9 Å². The molecule has 1 amide bonds. The van der Waals surface area contributed by atoms with E-state index in [2.05, 4.69) is 13.8 Å². The average molecular weight is 225 g/mol. The molecule has 1 rings (SSSR count). The lowest BCUT2D eigenvalue weighted by molar-refractivity contribution is -0.139. The highest BCUT2D eigenvalue weighted by atomic mass is 16.2. The van der Waals surface area contributed by atoms with E-state index in [0.29, 0.717) is 6.42 Å². The Morgan fingerprint density at radius 2 is 2.00 bits per heavy atom. The highest BCUT2D eigenvalue weighted by Gasteiger charge is 2.36. The molecule has 3 heteroatoms. The maximum absolute atomic E-state index is 12.2. The van der Waals surface area contributed by atoms with Gasteiger partial charge in [-0.3, -0.25) is 9.59 Å². The molecule has 3 nitrogen and oxygen atoms in total. The molecule has 0 aromatic heterocycles. The van der Waals surface area contributed by atoms with E-state index < -0.39 is 0 Å². The van der Waals surface area contributed by atoms with E-state index in [1.165, 1.54) is 0 Å². The lowest BCUT2D eigenvalue weighted by Gasteiger charge is -2.32. The molecule has 1 heterocycles. The van der Waals surface area contributed by atoms with Gasteiger partial charge in [0.05, 0.1) is 6.04 Å². The van der Waals surface area contributed by atoms with Gasteiger partial charge in [0.25, 0.3) is 0 Å². The molecule has 0 aromatic carbocycles. The Balaban J connectivity index is 2.86. The maximum atomic E-state index is 12.2. The number of hydrogen-bond donors (Lipinski definition) is 0. The number of ketones is 1. The van der Waals surface area contributed by atoms with Gasteiger partial charge in [-0.05, 0) is 12.3 Å². The lowest BCUT2D eigenvalue weighted by Crippen LogP contribution is -2.47. The third kappa shape index (κ3) is 2.63. The Kier molecular flexibility index (Phi) is 4.51. The van der Waals surface area contributed by atoms with Crippen LogP contribution < -0.4 is 0 Å². The van der Waals surface area contributed by atoms with E-state index in [4.69, 9.17) is 0 Å². The van der Waals surface area contributed by atoms with Crippen LogP contribution >= 0.6 is 0 Å². The van der Waals surface area contributed by atoms with Crippen LogP contribution in [-0.2, 0) is 9.59 Å². The van der Waals surface area contributed by atoms with Crippen LogP contribution in [-0.4, -0.2) is 29.2 Å².